The Bertz CT molecular complexity index is 593. The van der Waals surface area contributed by atoms with Gasteiger partial charge in [0, 0.05) is 37.5 Å². The maximum Gasteiger partial charge on any atom is 0.231 e. The van der Waals surface area contributed by atoms with Crippen LogP contribution in [0.5, 0.6) is 0 Å². The van der Waals surface area contributed by atoms with E-state index in [0.717, 1.165) is 31.9 Å². The van der Waals surface area contributed by atoms with Crippen LogP contribution in [0, 0.1) is 11.8 Å². The summed E-state index contributed by atoms with van der Waals surface area (Å²) >= 11 is 3.40. The van der Waals surface area contributed by atoms with Crippen LogP contribution in [-0.2, 0) is 11.3 Å². The Hall–Kier alpha value is -1.17. The topological polar surface area (TPSA) is 23.6 Å². The molecule has 2 atom stereocenters. The second-order valence-electron chi connectivity index (χ2n) is 5.62. The zero-order chi connectivity index (χ0) is 13.5. The first kappa shape index (κ1) is 12.6. The van der Waals surface area contributed by atoms with E-state index in [0.29, 0.717) is 11.8 Å². The molecule has 4 rings (SSSR count). The molecule has 3 nitrogen and oxygen atoms in total. The van der Waals surface area contributed by atoms with E-state index in [1.165, 1.54) is 5.56 Å². The molecular formula is C15H16N2OS2. The Labute approximate surface area is 126 Å². The number of hydrogen-bond acceptors (Lipinski definition) is 4. The largest absolute Gasteiger partial charge is 0.311 e. The van der Waals surface area contributed by atoms with Gasteiger partial charge in [-0.1, -0.05) is 0 Å². The fraction of sp³-hybridized carbons (Fsp3) is 0.400. The predicted octanol–water partition coefficient (Wildman–Crippen LogP) is 2.90. The van der Waals surface area contributed by atoms with Crippen molar-refractivity contribution in [3.8, 4) is 0 Å². The molecule has 0 aliphatic carbocycles. The maximum atomic E-state index is 12.5. The Balaban J connectivity index is 1.45. The minimum Gasteiger partial charge on any atom is -0.311 e. The molecule has 0 aromatic carbocycles. The Morgan fingerprint density at radius 2 is 1.95 bits per heavy atom. The Kier molecular flexibility index (Phi) is 3.13. The number of likely N-dealkylation sites (tertiary alicyclic amines) is 1. The van der Waals surface area contributed by atoms with E-state index in [2.05, 4.69) is 27.1 Å². The fourth-order valence-electron chi connectivity index (χ4n) is 3.36. The van der Waals surface area contributed by atoms with Crippen LogP contribution in [-0.4, -0.2) is 30.4 Å². The predicted molar refractivity (Wildman–Crippen MR) is 83.2 cm³/mol. The van der Waals surface area contributed by atoms with E-state index < -0.39 is 0 Å². The van der Waals surface area contributed by atoms with Gasteiger partial charge in [-0.15, -0.1) is 0 Å². The molecule has 0 saturated carbocycles. The van der Waals surface area contributed by atoms with Gasteiger partial charge in [-0.05, 0) is 33.8 Å². The molecule has 2 aliphatic heterocycles. The SMILES string of the molecule is O=C1[C@@H]2CN(Cc3ccsc3)C[C@@H]2CN1c1ccsc1. The van der Waals surface area contributed by atoms with E-state index >= 15 is 0 Å². The van der Waals surface area contributed by atoms with Crippen molar-refractivity contribution in [2.45, 2.75) is 6.54 Å². The van der Waals surface area contributed by atoms with Gasteiger partial charge in [0.2, 0.25) is 5.91 Å². The molecule has 104 valence electrons. The Morgan fingerprint density at radius 1 is 1.10 bits per heavy atom. The molecule has 5 heteroatoms. The van der Waals surface area contributed by atoms with Crippen LogP contribution >= 0.6 is 22.7 Å². The quantitative estimate of drug-likeness (QED) is 0.870. The summed E-state index contributed by atoms with van der Waals surface area (Å²) in [4.78, 5) is 17.0. The second kappa shape index (κ2) is 4.98. The second-order valence-corrected chi connectivity index (χ2v) is 7.18. The van der Waals surface area contributed by atoms with Crippen LogP contribution in [0.1, 0.15) is 5.56 Å². The summed E-state index contributed by atoms with van der Waals surface area (Å²) in [6, 6.07) is 4.23. The normalized spacial score (nSPS) is 26.4. The summed E-state index contributed by atoms with van der Waals surface area (Å²) in [6.45, 7) is 3.84. The van der Waals surface area contributed by atoms with E-state index in [4.69, 9.17) is 0 Å². The molecule has 2 aliphatic rings. The average molecular weight is 304 g/mol. The van der Waals surface area contributed by atoms with Crippen LogP contribution in [0.3, 0.4) is 0 Å². The third-order valence-corrected chi connectivity index (χ3v) is 5.72. The summed E-state index contributed by atoms with van der Waals surface area (Å²) in [7, 11) is 0. The minimum atomic E-state index is 0.202. The lowest BCUT2D eigenvalue weighted by Crippen LogP contribution is -2.32. The number of nitrogens with zero attached hydrogens (tertiary/aromatic N) is 2. The Morgan fingerprint density at radius 3 is 2.65 bits per heavy atom. The van der Waals surface area contributed by atoms with E-state index in [1.807, 2.05) is 16.3 Å². The molecule has 2 aromatic rings. The summed E-state index contributed by atoms with van der Waals surface area (Å²) in [5.74, 6) is 1.02. The van der Waals surface area contributed by atoms with Crippen LogP contribution in [0.15, 0.2) is 33.7 Å². The van der Waals surface area contributed by atoms with Crippen molar-refractivity contribution in [2.24, 2.45) is 11.8 Å². The lowest BCUT2D eigenvalue weighted by molar-refractivity contribution is -0.120. The van der Waals surface area contributed by atoms with E-state index in [9.17, 15) is 4.79 Å². The van der Waals surface area contributed by atoms with Crippen LogP contribution < -0.4 is 4.90 Å². The number of rotatable bonds is 3. The molecule has 20 heavy (non-hydrogen) atoms. The number of fused-ring (bicyclic) bond motifs is 1. The van der Waals surface area contributed by atoms with Crippen molar-refractivity contribution < 1.29 is 4.79 Å². The first-order valence-electron chi connectivity index (χ1n) is 6.88. The first-order chi connectivity index (χ1) is 9.81. The lowest BCUT2D eigenvalue weighted by Gasteiger charge is -2.20. The summed E-state index contributed by atoms with van der Waals surface area (Å²) in [5.41, 5.74) is 2.45. The monoisotopic (exact) mass is 304 g/mol. The van der Waals surface area contributed by atoms with Crippen molar-refractivity contribution >= 4 is 34.3 Å². The summed E-state index contributed by atoms with van der Waals surface area (Å²) in [5, 5.41) is 8.44. The number of carbonyl (C=O) groups excluding carboxylic acids is 1. The summed E-state index contributed by atoms with van der Waals surface area (Å²) < 4.78 is 0. The van der Waals surface area contributed by atoms with Crippen LogP contribution in [0.2, 0.25) is 0 Å². The molecule has 0 N–H and O–H groups in total. The summed E-state index contributed by atoms with van der Waals surface area (Å²) in [6.07, 6.45) is 0. The van der Waals surface area contributed by atoms with Gasteiger partial charge >= 0.3 is 0 Å². The highest BCUT2D eigenvalue weighted by molar-refractivity contribution is 7.08. The van der Waals surface area contributed by atoms with Crippen LogP contribution in [0.25, 0.3) is 0 Å². The molecule has 0 unspecified atom stereocenters. The van der Waals surface area contributed by atoms with Gasteiger partial charge in [0.15, 0.2) is 0 Å². The molecule has 2 fully saturated rings. The van der Waals surface area contributed by atoms with Gasteiger partial charge < -0.3 is 4.90 Å². The highest BCUT2D eigenvalue weighted by Crippen LogP contribution is 2.36. The van der Waals surface area contributed by atoms with E-state index in [-0.39, 0.29) is 5.92 Å². The number of thiophene rings is 2. The van der Waals surface area contributed by atoms with Crippen molar-refractivity contribution in [3.05, 3.63) is 39.2 Å². The standard InChI is InChI=1S/C15H16N2OS2/c18-15-14-8-16(5-11-1-3-19-9-11)6-12(14)7-17(15)13-2-4-20-10-13/h1-4,9-10,12,14H,5-8H2/t12-,14-/m1/s1. The van der Waals surface area contributed by atoms with Gasteiger partial charge in [-0.3, -0.25) is 9.69 Å². The van der Waals surface area contributed by atoms with Gasteiger partial charge in [-0.25, -0.2) is 0 Å². The number of carbonyl (C=O) groups is 1. The highest BCUT2D eigenvalue weighted by atomic mass is 32.1. The van der Waals surface area contributed by atoms with E-state index in [1.54, 1.807) is 22.7 Å². The number of amides is 1. The first-order valence-corrected chi connectivity index (χ1v) is 8.77. The zero-order valence-corrected chi connectivity index (χ0v) is 12.7. The number of hydrogen-bond donors (Lipinski definition) is 0. The van der Waals surface area contributed by atoms with Gasteiger partial charge in [0.05, 0.1) is 11.6 Å². The fourth-order valence-corrected chi connectivity index (χ4v) is 4.67. The zero-order valence-electron chi connectivity index (χ0n) is 11.1. The van der Waals surface area contributed by atoms with Gasteiger partial charge in [-0.2, -0.15) is 22.7 Å². The van der Waals surface area contributed by atoms with Crippen LogP contribution in [0.4, 0.5) is 5.69 Å². The van der Waals surface area contributed by atoms with Crippen molar-refractivity contribution in [1.82, 2.24) is 4.90 Å². The molecule has 0 bridgehead atoms. The minimum absolute atomic E-state index is 0.202. The van der Waals surface area contributed by atoms with Gasteiger partial charge in [0.25, 0.3) is 0 Å². The third kappa shape index (κ3) is 2.10. The molecule has 2 saturated heterocycles. The lowest BCUT2D eigenvalue weighted by atomic mass is 10.0. The van der Waals surface area contributed by atoms with Crippen molar-refractivity contribution in [1.29, 1.82) is 0 Å². The van der Waals surface area contributed by atoms with Gasteiger partial charge in [0.1, 0.15) is 0 Å². The molecule has 0 spiro atoms. The molecular weight excluding hydrogens is 288 g/mol. The van der Waals surface area contributed by atoms with Crippen molar-refractivity contribution in [2.75, 3.05) is 24.5 Å². The molecule has 1 amide bonds. The molecule has 0 radical (unpaired) electrons. The highest BCUT2D eigenvalue weighted by Gasteiger charge is 2.46. The van der Waals surface area contributed by atoms with Crippen molar-refractivity contribution in [3.63, 3.8) is 0 Å². The molecule has 4 heterocycles. The third-order valence-electron chi connectivity index (χ3n) is 4.32. The average Bonchev–Trinajstić information content (AvgIpc) is 3.17. The molecule has 2 aromatic heterocycles. The maximum absolute atomic E-state index is 12.5. The number of anilines is 1. The smallest absolute Gasteiger partial charge is 0.231 e.